The zero-order valence-electron chi connectivity index (χ0n) is 12.3. The second-order valence-corrected chi connectivity index (χ2v) is 5.87. The van der Waals surface area contributed by atoms with E-state index in [1.807, 2.05) is 6.07 Å². The number of hydrogen-bond donors (Lipinski definition) is 1. The van der Waals surface area contributed by atoms with Crippen molar-refractivity contribution in [1.82, 2.24) is 0 Å². The van der Waals surface area contributed by atoms with Gasteiger partial charge in [-0.3, -0.25) is 0 Å². The fourth-order valence-electron chi connectivity index (χ4n) is 3.23. The van der Waals surface area contributed by atoms with Crippen LogP contribution >= 0.6 is 0 Å². The van der Waals surface area contributed by atoms with Crippen LogP contribution in [-0.4, -0.2) is 6.61 Å². The van der Waals surface area contributed by atoms with E-state index in [1.165, 1.54) is 24.8 Å². The van der Waals surface area contributed by atoms with Gasteiger partial charge in [0.25, 0.3) is 0 Å². The summed E-state index contributed by atoms with van der Waals surface area (Å²) in [5.74, 6) is 1.75. The van der Waals surface area contributed by atoms with Crippen molar-refractivity contribution in [3.63, 3.8) is 0 Å². The zero-order valence-corrected chi connectivity index (χ0v) is 12.3. The normalized spacial score (nSPS) is 27.2. The van der Waals surface area contributed by atoms with Crippen molar-refractivity contribution in [2.45, 2.75) is 57.9 Å². The highest BCUT2D eigenvalue weighted by Crippen LogP contribution is 2.42. The minimum atomic E-state index is -0.191. The van der Waals surface area contributed by atoms with Gasteiger partial charge in [0, 0.05) is 11.1 Å². The summed E-state index contributed by atoms with van der Waals surface area (Å²) in [6, 6.07) is 8.34. The molecule has 0 saturated heterocycles. The topological polar surface area (TPSA) is 35.2 Å². The predicted octanol–water partition coefficient (Wildman–Crippen LogP) is 4.23. The molecule has 1 fully saturated rings. The molecule has 2 heteroatoms. The monoisotopic (exact) mass is 261 g/mol. The molecule has 0 aliphatic heterocycles. The van der Waals surface area contributed by atoms with Crippen LogP contribution in [-0.2, 0) is 5.54 Å². The Morgan fingerprint density at radius 3 is 2.84 bits per heavy atom. The van der Waals surface area contributed by atoms with Crippen LogP contribution in [0.3, 0.4) is 0 Å². The fraction of sp³-hybridized carbons (Fsp3) is 0.647. The third-order valence-electron chi connectivity index (χ3n) is 4.35. The highest BCUT2D eigenvalue weighted by molar-refractivity contribution is 5.39. The van der Waals surface area contributed by atoms with Crippen molar-refractivity contribution >= 4 is 0 Å². The first-order valence-electron chi connectivity index (χ1n) is 7.70. The van der Waals surface area contributed by atoms with Crippen molar-refractivity contribution in [1.29, 1.82) is 0 Å². The molecule has 1 saturated carbocycles. The number of hydrogen-bond acceptors (Lipinski definition) is 2. The summed E-state index contributed by atoms with van der Waals surface area (Å²) in [4.78, 5) is 0. The molecule has 2 rings (SSSR count). The van der Waals surface area contributed by atoms with E-state index in [0.717, 1.165) is 37.5 Å². The Balaban J connectivity index is 2.23. The Hall–Kier alpha value is -1.02. The molecular formula is C17H27NO. The summed E-state index contributed by atoms with van der Waals surface area (Å²) in [5.41, 5.74) is 7.76. The van der Waals surface area contributed by atoms with Gasteiger partial charge in [0.2, 0.25) is 0 Å². The van der Waals surface area contributed by atoms with Crippen molar-refractivity contribution in [3.05, 3.63) is 29.8 Å². The lowest BCUT2D eigenvalue weighted by Crippen LogP contribution is -2.41. The highest BCUT2D eigenvalue weighted by Gasteiger charge is 2.35. The standard InChI is InChI=1S/C17H27NO/c1-3-12-19-16-10-6-5-9-15(16)17(18)11-7-8-14(4-2)13-17/h5-6,9-10,14H,3-4,7-8,11-13,18H2,1-2H3. The zero-order chi connectivity index (χ0) is 13.7. The van der Waals surface area contributed by atoms with E-state index in [-0.39, 0.29) is 5.54 Å². The summed E-state index contributed by atoms with van der Waals surface area (Å²) in [6.07, 6.45) is 7.00. The molecule has 1 aliphatic carbocycles. The van der Waals surface area contributed by atoms with Crippen LogP contribution in [0.2, 0.25) is 0 Å². The molecule has 106 valence electrons. The Bertz CT molecular complexity index is 404. The minimum Gasteiger partial charge on any atom is -0.493 e. The molecule has 2 unspecified atom stereocenters. The van der Waals surface area contributed by atoms with Gasteiger partial charge in [0.1, 0.15) is 5.75 Å². The first-order valence-corrected chi connectivity index (χ1v) is 7.70. The summed E-state index contributed by atoms with van der Waals surface area (Å²) in [6.45, 7) is 5.18. The first kappa shape index (κ1) is 14.4. The Morgan fingerprint density at radius 1 is 1.32 bits per heavy atom. The van der Waals surface area contributed by atoms with Gasteiger partial charge < -0.3 is 10.5 Å². The molecule has 1 aromatic rings. The van der Waals surface area contributed by atoms with Gasteiger partial charge in [-0.25, -0.2) is 0 Å². The van der Waals surface area contributed by atoms with Gasteiger partial charge >= 0.3 is 0 Å². The molecule has 0 amide bonds. The summed E-state index contributed by atoms with van der Waals surface area (Å²) < 4.78 is 5.89. The van der Waals surface area contributed by atoms with Gasteiger partial charge in [-0.15, -0.1) is 0 Å². The molecule has 2 atom stereocenters. The third-order valence-corrected chi connectivity index (χ3v) is 4.35. The van der Waals surface area contributed by atoms with Crippen molar-refractivity contribution in [2.24, 2.45) is 11.7 Å². The molecule has 0 bridgehead atoms. The van der Waals surface area contributed by atoms with Crippen molar-refractivity contribution in [2.75, 3.05) is 6.61 Å². The molecular weight excluding hydrogens is 234 g/mol. The molecule has 0 heterocycles. The smallest absolute Gasteiger partial charge is 0.124 e. The lowest BCUT2D eigenvalue weighted by molar-refractivity contribution is 0.212. The van der Waals surface area contributed by atoms with E-state index < -0.39 is 0 Å². The molecule has 0 aromatic heterocycles. The maximum Gasteiger partial charge on any atom is 0.124 e. The summed E-state index contributed by atoms with van der Waals surface area (Å²) >= 11 is 0. The Morgan fingerprint density at radius 2 is 2.11 bits per heavy atom. The molecule has 19 heavy (non-hydrogen) atoms. The predicted molar refractivity (Wildman–Crippen MR) is 80.3 cm³/mol. The third kappa shape index (κ3) is 3.30. The van der Waals surface area contributed by atoms with E-state index in [1.54, 1.807) is 0 Å². The maximum atomic E-state index is 6.74. The number of nitrogens with two attached hydrogens (primary N) is 1. The molecule has 0 radical (unpaired) electrons. The van der Waals surface area contributed by atoms with Crippen LogP contribution in [0.25, 0.3) is 0 Å². The van der Waals surface area contributed by atoms with Gasteiger partial charge in [-0.05, 0) is 31.2 Å². The SMILES string of the molecule is CCCOc1ccccc1C1(N)CCCC(CC)C1. The number of benzene rings is 1. The quantitative estimate of drug-likeness (QED) is 0.861. The van der Waals surface area contributed by atoms with E-state index in [0.29, 0.717) is 0 Å². The Labute approximate surface area is 117 Å². The van der Waals surface area contributed by atoms with Gasteiger partial charge in [0.15, 0.2) is 0 Å². The summed E-state index contributed by atoms with van der Waals surface area (Å²) in [5, 5.41) is 0. The molecule has 2 nitrogen and oxygen atoms in total. The molecule has 2 N–H and O–H groups in total. The van der Waals surface area contributed by atoms with E-state index in [9.17, 15) is 0 Å². The Kier molecular flexibility index (Phi) is 4.87. The van der Waals surface area contributed by atoms with Crippen molar-refractivity contribution in [3.8, 4) is 5.75 Å². The maximum absolute atomic E-state index is 6.74. The second kappa shape index (κ2) is 6.42. The molecule has 0 spiro atoms. The van der Waals surface area contributed by atoms with Crippen LogP contribution in [0, 0.1) is 5.92 Å². The van der Waals surface area contributed by atoms with Gasteiger partial charge in [-0.2, -0.15) is 0 Å². The van der Waals surface area contributed by atoms with Crippen LogP contribution in [0.1, 0.15) is 57.9 Å². The lowest BCUT2D eigenvalue weighted by Gasteiger charge is -2.39. The fourth-order valence-corrected chi connectivity index (χ4v) is 3.23. The second-order valence-electron chi connectivity index (χ2n) is 5.87. The van der Waals surface area contributed by atoms with Gasteiger partial charge in [-0.1, -0.05) is 51.3 Å². The van der Waals surface area contributed by atoms with E-state index >= 15 is 0 Å². The van der Waals surface area contributed by atoms with E-state index in [2.05, 4.69) is 32.0 Å². The van der Waals surface area contributed by atoms with Crippen LogP contribution in [0.4, 0.5) is 0 Å². The van der Waals surface area contributed by atoms with Crippen LogP contribution < -0.4 is 10.5 Å². The number of rotatable bonds is 5. The highest BCUT2D eigenvalue weighted by atomic mass is 16.5. The minimum absolute atomic E-state index is 0.191. The average Bonchev–Trinajstić information content (AvgIpc) is 2.45. The van der Waals surface area contributed by atoms with Crippen LogP contribution in [0.15, 0.2) is 24.3 Å². The largest absolute Gasteiger partial charge is 0.493 e. The van der Waals surface area contributed by atoms with Gasteiger partial charge in [0.05, 0.1) is 6.61 Å². The first-order chi connectivity index (χ1) is 9.19. The van der Waals surface area contributed by atoms with E-state index in [4.69, 9.17) is 10.5 Å². The summed E-state index contributed by atoms with van der Waals surface area (Å²) in [7, 11) is 0. The van der Waals surface area contributed by atoms with Crippen molar-refractivity contribution < 1.29 is 4.74 Å². The number of ether oxygens (including phenoxy) is 1. The van der Waals surface area contributed by atoms with Crippen LogP contribution in [0.5, 0.6) is 5.75 Å². The number of para-hydroxylation sites is 1. The average molecular weight is 261 g/mol. The molecule has 1 aliphatic rings. The molecule has 1 aromatic carbocycles. The lowest BCUT2D eigenvalue weighted by atomic mass is 9.71.